The van der Waals surface area contributed by atoms with Crippen LogP contribution >= 0.6 is 12.4 Å². The molecule has 2 aromatic carbocycles. The van der Waals surface area contributed by atoms with Gasteiger partial charge in [-0.1, -0.05) is 48.5 Å². The van der Waals surface area contributed by atoms with Crippen molar-refractivity contribution in [1.82, 2.24) is 10.0 Å². The predicted octanol–water partition coefficient (Wildman–Crippen LogP) is 3.42. The summed E-state index contributed by atoms with van der Waals surface area (Å²) in [6.45, 7) is 0.664. The van der Waals surface area contributed by atoms with E-state index in [-0.39, 0.29) is 29.7 Å². The minimum atomic E-state index is -3.97. The SMILES string of the molecule is Cl.O=S(=O)(CF)N[C@@H]1[C@H](Cc2cccc(-c3ccccc3)c2F)NCC12CC2. The highest BCUT2D eigenvalue weighted by Gasteiger charge is 2.57. The highest BCUT2D eigenvalue weighted by molar-refractivity contribution is 7.89. The molecule has 2 atom stereocenters. The van der Waals surface area contributed by atoms with Crippen LogP contribution in [0.25, 0.3) is 11.1 Å². The zero-order chi connectivity index (χ0) is 19.1. The number of halogens is 3. The second kappa shape index (κ2) is 8.06. The maximum absolute atomic E-state index is 15.1. The van der Waals surface area contributed by atoms with Crippen molar-refractivity contribution in [2.75, 3.05) is 12.6 Å². The first-order chi connectivity index (χ1) is 12.9. The molecule has 0 bridgehead atoms. The van der Waals surface area contributed by atoms with Gasteiger partial charge in [0.25, 0.3) is 0 Å². The van der Waals surface area contributed by atoms with E-state index >= 15 is 4.39 Å². The number of benzene rings is 2. The summed E-state index contributed by atoms with van der Waals surface area (Å²) in [5.74, 6) is -0.297. The lowest BCUT2D eigenvalue weighted by Gasteiger charge is -2.25. The van der Waals surface area contributed by atoms with Crippen LogP contribution < -0.4 is 10.0 Å². The van der Waals surface area contributed by atoms with Gasteiger partial charge in [0.05, 0.1) is 0 Å². The molecule has 1 aliphatic carbocycles. The molecule has 8 heteroatoms. The van der Waals surface area contributed by atoms with Crippen molar-refractivity contribution in [2.24, 2.45) is 5.41 Å². The number of hydrogen-bond acceptors (Lipinski definition) is 3. The number of nitrogens with one attached hydrogen (secondary N) is 2. The monoisotopic (exact) mass is 428 g/mol. The van der Waals surface area contributed by atoms with Gasteiger partial charge in [0, 0.05) is 29.6 Å². The molecule has 1 aliphatic heterocycles. The van der Waals surface area contributed by atoms with E-state index < -0.39 is 22.1 Å². The van der Waals surface area contributed by atoms with Gasteiger partial charge in [-0.3, -0.25) is 0 Å². The zero-order valence-corrected chi connectivity index (χ0v) is 16.8. The van der Waals surface area contributed by atoms with Gasteiger partial charge in [0.15, 0.2) is 0 Å². The van der Waals surface area contributed by atoms with E-state index in [1.807, 2.05) is 36.4 Å². The summed E-state index contributed by atoms with van der Waals surface area (Å²) in [7, 11) is -3.97. The van der Waals surface area contributed by atoms with Crippen LogP contribution in [0.5, 0.6) is 0 Å². The van der Waals surface area contributed by atoms with E-state index in [1.165, 1.54) is 0 Å². The quantitative estimate of drug-likeness (QED) is 0.741. The van der Waals surface area contributed by atoms with Crippen molar-refractivity contribution in [2.45, 2.75) is 31.3 Å². The molecule has 4 rings (SSSR count). The van der Waals surface area contributed by atoms with Gasteiger partial charge in [-0.15, -0.1) is 12.4 Å². The standard InChI is InChI=1S/C20H22F2N2O2S.ClH/c21-13-27(25,26)24-19-17(23-12-20(19)9-10-20)11-15-7-4-8-16(18(15)22)14-5-2-1-3-6-14;/h1-8,17,19,23-24H,9-13H2;1H/t17-,19+;/m0./s1. The van der Waals surface area contributed by atoms with Crippen molar-refractivity contribution < 1.29 is 17.2 Å². The third-order valence-electron chi connectivity index (χ3n) is 5.72. The third kappa shape index (κ3) is 4.08. The molecule has 4 nitrogen and oxygen atoms in total. The summed E-state index contributed by atoms with van der Waals surface area (Å²) in [4.78, 5) is 0. The van der Waals surface area contributed by atoms with Crippen LogP contribution in [0.3, 0.4) is 0 Å². The summed E-state index contributed by atoms with van der Waals surface area (Å²) in [5.41, 5.74) is 1.68. The molecular weight excluding hydrogens is 406 g/mol. The Hall–Kier alpha value is -1.54. The molecule has 1 heterocycles. The fourth-order valence-corrected chi connectivity index (χ4v) is 4.94. The number of sulfonamides is 1. The van der Waals surface area contributed by atoms with Crippen molar-refractivity contribution in [1.29, 1.82) is 0 Å². The maximum Gasteiger partial charge on any atom is 0.241 e. The Morgan fingerprint density at radius 1 is 1.11 bits per heavy atom. The summed E-state index contributed by atoms with van der Waals surface area (Å²) in [5, 5.41) is 3.33. The normalized spacial score (nSPS) is 22.8. The van der Waals surface area contributed by atoms with Gasteiger partial charge in [0.1, 0.15) is 5.82 Å². The Balaban J connectivity index is 0.00000225. The minimum Gasteiger partial charge on any atom is -0.311 e. The summed E-state index contributed by atoms with van der Waals surface area (Å²) >= 11 is 0. The van der Waals surface area contributed by atoms with Gasteiger partial charge in [-0.05, 0) is 30.4 Å². The molecule has 1 saturated carbocycles. The number of alkyl halides is 1. The second-order valence-electron chi connectivity index (χ2n) is 7.52. The second-order valence-corrected chi connectivity index (χ2v) is 9.20. The molecule has 0 radical (unpaired) electrons. The summed E-state index contributed by atoms with van der Waals surface area (Å²) in [6.07, 6.45) is 2.12. The molecular formula is C20H23ClF2N2O2S. The van der Waals surface area contributed by atoms with Gasteiger partial charge >= 0.3 is 0 Å². The van der Waals surface area contributed by atoms with E-state index in [0.29, 0.717) is 24.1 Å². The van der Waals surface area contributed by atoms with E-state index in [1.54, 1.807) is 12.1 Å². The lowest BCUT2D eigenvalue weighted by molar-refractivity contribution is 0.401. The Morgan fingerprint density at radius 2 is 1.82 bits per heavy atom. The molecule has 28 heavy (non-hydrogen) atoms. The molecule has 2 N–H and O–H groups in total. The summed E-state index contributed by atoms with van der Waals surface area (Å²) in [6, 6.07) is 12.5. The van der Waals surface area contributed by atoms with Crippen molar-refractivity contribution in [3.63, 3.8) is 0 Å². The molecule has 0 aromatic heterocycles. The first kappa shape index (κ1) is 21.2. The molecule has 1 saturated heterocycles. The van der Waals surface area contributed by atoms with Crippen LogP contribution in [0.4, 0.5) is 8.78 Å². The molecule has 0 unspecified atom stereocenters. The van der Waals surface area contributed by atoms with Crippen LogP contribution in [0.1, 0.15) is 18.4 Å². The molecule has 152 valence electrons. The fourth-order valence-electron chi connectivity index (χ4n) is 4.07. The Kier molecular flexibility index (Phi) is 6.10. The Bertz CT molecular complexity index is 936. The predicted molar refractivity (Wildman–Crippen MR) is 108 cm³/mol. The highest BCUT2D eigenvalue weighted by Crippen LogP contribution is 2.52. The molecule has 2 aliphatic rings. The van der Waals surface area contributed by atoms with E-state index in [2.05, 4.69) is 10.0 Å². The molecule has 2 fully saturated rings. The van der Waals surface area contributed by atoms with Crippen LogP contribution in [-0.4, -0.2) is 33.1 Å². The average Bonchev–Trinajstić information content (AvgIpc) is 3.39. The largest absolute Gasteiger partial charge is 0.311 e. The van der Waals surface area contributed by atoms with Crippen molar-refractivity contribution in [3.05, 3.63) is 59.9 Å². The lowest BCUT2D eigenvalue weighted by atomic mass is 9.91. The minimum absolute atomic E-state index is 0. The van der Waals surface area contributed by atoms with Crippen LogP contribution in [0.2, 0.25) is 0 Å². The lowest BCUT2D eigenvalue weighted by Crippen LogP contribution is -2.48. The first-order valence-electron chi connectivity index (χ1n) is 9.06. The summed E-state index contributed by atoms with van der Waals surface area (Å²) < 4.78 is 54.0. The maximum atomic E-state index is 15.1. The average molecular weight is 429 g/mol. The Morgan fingerprint density at radius 3 is 2.46 bits per heavy atom. The van der Waals surface area contributed by atoms with E-state index in [4.69, 9.17) is 0 Å². The number of rotatable bonds is 6. The van der Waals surface area contributed by atoms with Gasteiger partial charge in [0.2, 0.25) is 16.0 Å². The van der Waals surface area contributed by atoms with Gasteiger partial charge < -0.3 is 5.32 Å². The van der Waals surface area contributed by atoms with Crippen molar-refractivity contribution >= 4 is 22.4 Å². The number of hydrogen-bond donors (Lipinski definition) is 2. The topological polar surface area (TPSA) is 58.2 Å². The van der Waals surface area contributed by atoms with Crippen LogP contribution in [-0.2, 0) is 16.4 Å². The van der Waals surface area contributed by atoms with Crippen LogP contribution in [0, 0.1) is 11.2 Å². The van der Waals surface area contributed by atoms with Gasteiger partial charge in [-0.25, -0.2) is 21.9 Å². The Labute approximate surface area is 170 Å². The van der Waals surface area contributed by atoms with Crippen LogP contribution in [0.15, 0.2) is 48.5 Å². The zero-order valence-electron chi connectivity index (χ0n) is 15.2. The molecule has 1 spiro atoms. The first-order valence-corrected chi connectivity index (χ1v) is 10.7. The molecule has 2 aromatic rings. The van der Waals surface area contributed by atoms with Crippen molar-refractivity contribution in [3.8, 4) is 11.1 Å². The fraction of sp³-hybridized carbons (Fsp3) is 0.400. The smallest absolute Gasteiger partial charge is 0.241 e. The third-order valence-corrected chi connectivity index (χ3v) is 6.62. The van der Waals surface area contributed by atoms with E-state index in [0.717, 1.165) is 18.4 Å². The van der Waals surface area contributed by atoms with Gasteiger partial charge in [-0.2, -0.15) is 0 Å². The molecule has 0 amide bonds. The highest BCUT2D eigenvalue weighted by atomic mass is 35.5. The van der Waals surface area contributed by atoms with E-state index in [9.17, 15) is 12.8 Å².